The van der Waals surface area contributed by atoms with Crippen LogP contribution in [0, 0.1) is 0 Å². The summed E-state index contributed by atoms with van der Waals surface area (Å²) in [5.41, 5.74) is 3.20. The number of amides is 1. The monoisotopic (exact) mass is 287 g/mol. The molecular formula is C15H17N3O3. The van der Waals surface area contributed by atoms with Gasteiger partial charge in [0.05, 0.1) is 18.9 Å². The number of ether oxygens (including phenoxy) is 1. The highest BCUT2D eigenvalue weighted by Crippen LogP contribution is 2.29. The topological polar surface area (TPSA) is 87.2 Å². The third-order valence-electron chi connectivity index (χ3n) is 3.46. The SMILES string of the molecule is CC(CO)NC(=O)c1cc(-c2ccc3c(c2)CCO3)n[nH]1. The van der Waals surface area contributed by atoms with Crippen LogP contribution in [0.2, 0.25) is 0 Å². The van der Waals surface area contributed by atoms with Crippen molar-refractivity contribution in [3.63, 3.8) is 0 Å². The van der Waals surface area contributed by atoms with Gasteiger partial charge in [0.2, 0.25) is 0 Å². The Hall–Kier alpha value is -2.34. The first-order valence-corrected chi connectivity index (χ1v) is 6.90. The molecule has 1 amide bonds. The number of carbonyl (C=O) groups is 1. The summed E-state index contributed by atoms with van der Waals surface area (Å²) in [5, 5.41) is 18.5. The van der Waals surface area contributed by atoms with Gasteiger partial charge < -0.3 is 15.2 Å². The van der Waals surface area contributed by atoms with Crippen LogP contribution in [-0.4, -0.2) is 40.5 Å². The molecule has 0 spiro atoms. The number of aromatic nitrogens is 2. The van der Waals surface area contributed by atoms with Gasteiger partial charge in [0.25, 0.3) is 5.91 Å². The molecule has 6 nitrogen and oxygen atoms in total. The van der Waals surface area contributed by atoms with E-state index in [0.29, 0.717) is 18.0 Å². The van der Waals surface area contributed by atoms with E-state index in [1.165, 1.54) is 0 Å². The number of H-pyrrole nitrogens is 1. The number of hydrogen-bond acceptors (Lipinski definition) is 4. The third-order valence-corrected chi connectivity index (χ3v) is 3.46. The van der Waals surface area contributed by atoms with Crippen molar-refractivity contribution >= 4 is 5.91 Å². The average molecular weight is 287 g/mol. The molecule has 1 unspecified atom stereocenters. The van der Waals surface area contributed by atoms with Gasteiger partial charge in [0, 0.05) is 18.0 Å². The van der Waals surface area contributed by atoms with Crippen LogP contribution in [0.15, 0.2) is 24.3 Å². The quantitative estimate of drug-likeness (QED) is 0.786. The number of hydrogen-bond donors (Lipinski definition) is 3. The van der Waals surface area contributed by atoms with Gasteiger partial charge >= 0.3 is 0 Å². The normalized spacial score (nSPS) is 14.4. The Morgan fingerprint density at radius 2 is 2.38 bits per heavy atom. The minimum absolute atomic E-state index is 0.0996. The van der Waals surface area contributed by atoms with Crippen molar-refractivity contribution in [2.45, 2.75) is 19.4 Å². The van der Waals surface area contributed by atoms with E-state index in [2.05, 4.69) is 15.5 Å². The lowest BCUT2D eigenvalue weighted by molar-refractivity contribution is 0.0917. The predicted octanol–water partition coefficient (Wildman–Crippen LogP) is 1.12. The second kappa shape index (κ2) is 5.57. The van der Waals surface area contributed by atoms with Gasteiger partial charge in [0.15, 0.2) is 0 Å². The molecule has 0 aliphatic carbocycles. The molecule has 6 heteroatoms. The number of carbonyl (C=O) groups excluding carboxylic acids is 1. The second-order valence-electron chi connectivity index (χ2n) is 5.14. The first-order valence-electron chi connectivity index (χ1n) is 6.90. The van der Waals surface area contributed by atoms with Gasteiger partial charge in [-0.15, -0.1) is 0 Å². The smallest absolute Gasteiger partial charge is 0.269 e. The van der Waals surface area contributed by atoms with Crippen LogP contribution >= 0.6 is 0 Å². The Labute approximate surface area is 122 Å². The molecule has 1 aliphatic heterocycles. The fourth-order valence-electron chi connectivity index (χ4n) is 2.28. The second-order valence-corrected chi connectivity index (χ2v) is 5.14. The van der Waals surface area contributed by atoms with Crippen molar-refractivity contribution in [2.24, 2.45) is 0 Å². The molecule has 0 saturated carbocycles. The highest BCUT2D eigenvalue weighted by atomic mass is 16.5. The number of benzene rings is 1. The van der Waals surface area contributed by atoms with Crippen molar-refractivity contribution in [3.05, 3.63) is 35.5 Å². The van der Waals surface area contributed by atoms with E-state index in [1.54, 1.807) is 13.0 Å². The molecular weight excluding hydrogens is 270 g/mol. The maximum atomic E-state index is 11.9. The lowest BCUT2D eigenvalue weighted by Gasteiger charge is -2.08. The van der Waals surface area contributed by atoms with Gasteiger partial charge in [-0.1, -0.05) is 0 Å². The van der Waals surface area contributed by atoms with Crippen molar-refractivity contribution in [2.75, 3.05) is 13.2 Å². The maximum absolute atomic E-state index is 11.9. The van der Waals surface area contributed by atoms with E-state index in [-0.39, 0.29) is 18.6 Å². The van der Waals surface area contributed by atoms with Gasteiger partial charge in [-0.05, 0) is 36.8 Å². The van der Waals surface area contributed by atoms with Crippen LogP contribution in [0.4, 0.5) is 0 Å². The standard InChI is InChI=1S/C15H17N3O3/c1-9(8-19)16-15(20)13-7-12(17-18-13)10-2-3-14-11(6-10)4-5-21-14/h2-3,6-7,9,19H,4-5,8H2,1H3,(H,16,20)(H,17,18). The number of nitrogens with one attached hydrogen (secondary N) is 2. The van der Waals surface area contributed by atoms with Crippen LogP contribution < -0.4 is 10.1 Å². The number of fused-ring (bicyclic) bond motifs is 1. The Morgan fingerprint density at radius 3 is 3.19 bits per heavy atom. The zero-order chi connectivity index (χ0) is 14.8. The van der Waals surface area contributed by atoms with Crippen molar-refractivity contribution < 1.29 is 14.6 Å². The molecule has 110 valence electrons. The van der Waals surface area contributed by atoms with Crippen LogP contribution in [-0.2, 0) is 6.42 Å². The molecule has 3 rings (SSSR count). The lowest BCUT2D eigenvalue weighted by atomic mass is 10.1. The Kier molecular flexibility index (Phi) is 3.62. The van der Waals surface area contributed by atoms with Crippen LogP contribution in [0.3, 0.4) is 0 Å². The molecule has 2 aromatic rings. The number of aliphatic hydroxyl groups is 1. The van der Waals surface area contributed by atoms with E-state index in [1.807, 2.05) is 18.2 Å². The molecule has 0 bridgehead atoms. The summed E-state index contributed by atoms with van der Waals surface area (Å²) in [6.45, 7) is 2.35. The van der Waals surface area contributed by atoms with Crippen LogP contribution in [0.5, 0.6) is 5.75 Å². The third kappa shape index (κ3) is 2.75. The fourth-order valence-corrected chi connectivity index (χ4v) is 2.28. The Morgan fingerprint density at radius 1 is 1.52 bits per heavy atom. The van der Waals surface area contributed by atoms with Crippen molar-refractivity contribution in [1.82, 2.24) is 15.5 Å². The molecule has 1 atom stereocenters. The fraction of sp³-hybridized carbons (Fsp3) is 0.333. The largest absolute Gasteiger partial charge is 0.493 e. The molecule has 3 N–H and O–H groups in total. The zero-order valence-corrected chi connectivity index (χ0v) is 11.7. The summed E-state index contributed by atoms with van der Waals surface area (Å²) in [6, 6.07) is 7.31. The van der Waals surface area contributed by atoms with Gasteiger partial charge in [-0.3, -0.25) is 9.89 Å². The van der Waals surface area contributed by atoms with E-state index in [9.17, 15) is 4.79 Å². The minimum atomic E-state index is -0.290. The molecule has 2 heterocycles. The predicted molar refractivity (Wildman–Crippen MR) is 77.2 cm³/mol. The minimum Gasteiger partial charge on any atom is -0.493 e. The van der Waals surface area contributed by atoms with Crippen molar-refractivity contribution in [3.8, 4) is 17.0 Å². The highest BCUT2D eigenvalue weighted by Gasteiger charge is 2.16. The van der Waals surface area contributed by atoms with Crippen LogP contribution in [0.25, 0.3) is 11.3 Å². The number of aromatic amines is 1. The van der Waals surface area contributed by atoms with E-state index in [0.717, 1.165) is 23.3 Å². The summed E-state index contributed by atoms with van der Waals surface area (Å²) in [4.78, 5) is 11.9. The van der Waals surface area contributed by atoms with Gasteiger partial charge in [-0.2, -0.15) is 5.10 Å². The molecule has 1 aromatic heterocycles. The molecule has 21 heavy (non-hydrogen) atoms. The summed E-state index contributed by atoms with van der Waals surface area (Å²) in [7, 11) is 0. The van der Waals surface area contributed by atoms with E-state index < -0.39 is 0 Å². The zero-order valence-electron chi connectivity index (χ0n) is 11.7. The molecule has 0 radical (unpaired) electrons. The molecule has 0 fully saturated rings. The van der Waals surface area contributed by atoms with Crippen molar-refractivity contribution in [1.29, 1.82) is 0 Å². The molecule has 1 aromatic carbocycles. The van der Waals surface area contributed by atoms with E-state index >= 15 is 0 Å². The highest BCUT2D eigenvalue weighted by molar-refractivity contribution is 5.93. The number of rotatable bonds is 4. The first-order chi connectivity index (χ1) is 10.2. The molecule has 0 saturated heterocycles. The van der Waals surface area contributed by atoms with Gasteiger partial charge in [-0.25, -0.2) is 0 Å². The maximum Gasteiger partial charge on any atom is 0.269 e. The summed E-state index contributed by atoms with van der Waals surface area (Å²) < 4.78 is 5.47. The van der Waals surface area contributed by atoms with E-state index in [4.69, 9.17) is 9.84 Å². The number of aliphatic hydroxyl groups excluding tert-OH is 1. The first kappa shape index (κ1) is 13.6. The number of nitrogens with zero attached hydrogens (tertiary/aromatic N) is 1. The lowest BCUT2D eigenvalue weighted by Crippen LogP contribution is -2.35. The summed E-state index contributed by atoms with van der Waals surface area (Å²) >= 11 is 0. The van der Waals surface area contributed by atoms with Gasteiger partial charge in [0.1, 0.15) is 11.4 Å². The summed E-state index contributed by atoms with van der Waals surface area (Å²) in [6.07, 6.45) is 0.898. The molecule has 1 aliphatic rings. The Balaban J connectivity index is 1.80. The van der Waals surface area contributed by atoms with Crippen LogP contribution in [0.1, 0.15) is 23.0 Å². The summed E-state index contributed by atoms with van der Waals surface area (Å²) in [5.74, 6) is 0.642. The Bertz CT molecular complexity index is 666. The average Bonchev–Trinajstić information content (AvgIpc) is 3.15.